The van der Waals surface area contributed by atoms with Crippen molar-refractivity contribution in [3.8, 4) is 33.4 Å². The van der Waals surface area contributed by atoms with Gasteiger partial charge in [0, 0.05) is 33.7 Å². The van der Waals surface area contributed by atoms with Crippen LogP contribution in [0.3, 0.4) is 0 Å². The van der Waals surface area contributed by atoms with Crippen molar-refractivity contribution in [3.63, 3.8) is 0 Å². The van der Waals surface area contributed by atoms with E-state index in [1.54, 1.807) is 0 Å². The van der Waals surface area contributed by atoms with Gasteiger partial charge in [-0.2, -0.15) is 0 Å². The standard InChI is InChI=1S/C57H37BN2/c1-2-15-36(16-3-1)37-29-31-41(32-30-37)59-52-35-39-18-5-4-17-38(39)33-45(52)46-34-40-19-6-7-20-42(40)55-54(46)58-51-27-14-26-50-56(51)60(55)53-28-13-12-25-49(53)57(50)47-23-10-8-21-43(47)44-22-9-11-24-48(44)57/h1-35,58-59H. The number of nitrogens with one attached hydrogen (secondary N) is 1. The lowest BCUT2D eigenvalue weighted by Gasteiger charge is -2.48. The molecule has 60 heavy (non-hydrogen) atoms. The molecule has 1 N–H and O–H groups in total. The Morgan fingerprint density at radius 1 is 0.400 bits per heavy atom. The van der Waals surface area contributed by atoms with E-state index >= 15 is 0 Å². The second kappa shape index (κ2) is 12.7. The van der Waals surface area contributed by atoms with E-state index in [1.807, 2.05) is 0 Å². The van der Waals surface area contributed by atoms with Gasteiger partial charge in [-0.15, -0.1) is 0 Å². The number of benzene rings is 10. The highest BCUT2D eigenvalue weighted by Gasteiger charge is 2.53. The zero-order valence-corrected chi connectivity index (χ0v) is 32.9. The van der Waals surface area contributed by atoms with E-state index in [0.717, 1.165) is 18.7 Å². The Hall–Kier alpha value is -7.62. The molecule has 0 bridgehead atoms. The molecule has 0 aromatic heterocycles. The zero-order valence-electron chi connectivity index (χ0n) is 32.9. The van der Waals surface area contributed by atoms with E-state index in [2.05, 4.69) is 223 Å². The van der Waals surface area contributed by atoms with Crippen LogP contribution in [0.1, 0.15) is 22.3 Å². The van der Waals surface area contributed by atoms with E-state index in [1.165, 1.54) is 105 Å². The molecule has 0 atom stereocenters. The van der Waals surface area contributed by atoms with Gasteiger partial charge in [0.15, 0.2) is 7.28 Å². The highest BCUT2D eigenvalue weighted by atomic mass is 15.2. The number of para-hydroxylation sites is 2. The van der Waals surface area contributed by atoms with Crippen molar-refractivity contribution >= 4 is 68.2 Å². The van der Waals surface area contributed by atoms with Gasteiger partial charge in [0.1, 0.15) is 0 Å². The van der Waals surface area contributed by atoms with Gasteiger partial charge >= 0.3 is 0 Å². The van der Waals surface area contributed by atoms with Gasteiger partial charge in [0.05, 0.1) is 11.1 Å². The molecule has 2 nitrogen and oxygen atoms in total. The molecule has 2 heterocycles. The van der Waals surface area contributed by atoms with Crippen LogP contribution in [-0.4, -0.2) is 7.28 Å². The minimum atomic E-state index is -0.442. The summed E-state index contributed by atoms with van der Waals surface area (Å²) >= 11 is 0. The van der Waals surface area contributed by atoms with Crippen LogP contribution in [0.15, 0.2) is 212 Å². The van der Waals surface area contributed by atoms with Gasteiger partial charge in [-0.3, -0.25) is 0 Å². The topological polar surface area (TPSA) is 15.3 Å². The summed E-state index contributed by atoms with van der Waals surface area (Å²) in [5.74, 6) is 0. The second-order valence-electron chi connectivity index (χ2n) is 16.5. The maximum atomic E-state index is 3.92. The van der Waals surface area contributed by atoms with Gasteiger partial charge in [0.25, 0.3) is 0 Å². The third-order valence-corrected chi connectivity index (χ3v) is 13.4. The molecule has 0 radical (unpaired) electrons. The molecule has 10 aromatic carbocycles. The van der Waals surface area contributed by atoms with E-state index in [0.29, 0.717) is 0 Å². The largest absolute Gasteiger partial charge is 0.355 e. The average Bonchev–Trinajstić information content (AvgIpc) is 3.61. The molecule has 3 heteroatoms. The van der Waals surface area contributed by atoms with Gasteiger partial charge < -0.3 is 10.2 Å². The summed E-state index contributed by atoms with van der Waals surface area (Å²) in [7, 11) is 0.814. The highest BCUT2D eigenvalue weighted by molar-refractivity contribution is 6.74. The lowest BCUT2D eigenvalue weighted by molar-refractivity contribution is 0.754. The van der Waals surface area contributed by atoms with Crippen LogP contribution in [0, 0.1) is 0 Å². The molecule has 2 aliphatic heterocycles. The van der Waals surface area contributed by atoms with Gasteiger partial charge in [-0.25, -0.2) is 0 Å². The third-order valence-electron chi connectivity index (χ3n) is 13.4. The maximum Gasteiger partial charge on any atom is 0.198 e. The number of hydrogen-bond donors (Lipinski definition) is 1. The molecule has 10 aromatic rings. The van der Waals surface area contributed by atoms with Gasteiger partial charge in [-0.05, 0) is 108 Å². The molecule has 1 spiro atoms. The fraction of sp³-hybridized carbons (Fsp3) is 0.0175. The quantitative estimate of drug-likeness (QED) is 0.180. The maximum absolute atomic E-state index is 3.92. The first-order chi connectivity index (χ1) is 29.8. The third kappa shape index (κ3) is 4.60. The van der Waals surface area contributed by atoms with Gasteiger partial charge in [-0.1, -0.05) is 181 Å². The van der Waals surface area contributed by atoms with E-state index in [-0.39, 0.29) is 0 Å². The summed E-state index contributed by atoms with van der Waals surface area (Å²) in [5.41, 5.74) is 21.1. The van der Waals surface area contributed by atoms with Crippen molar-refractivity contribution in [2.24, 2.45) is 0 Å². The minimum Gasteiger partial charge on any atom is -0.355 e. The molecule has 0 saturated heterocycles. The van der Waals surface area contributed by atoms with E-state index < -0.39 is 5.41 Å². The summed E-state index contributed by atoms with van der Waals surface area (Å²) in [5, 5.41) is 8.84. The summed E-state index contributed by atoms with van der Waals surface area (Å²) in [4.78, 5) is 2.63. The summed E-state index contributed by atoms with van der Waals surface area (Å²) in [6, 6.07) is 78.8. The van der Waals surface area contributed by atoms with Crippen molar-refractivity contribution in [1.29, 1.82) is 0 Å². The van der Waals surface area contributed by atoms with Crippen molar-refractivity contribution < 1.29 is 0 Å². The number of hydrogen-bond acceptors (Lipinski definition) is 2. The van der Waals surface area contributed by atoms with Crippen LogP contribution in [0.25, 0.3) is 54.9 Å². The molecule has 0 fully saturated rings. The number of fused-ring (bicyclic) bond motifs is 14. The number of nitrogens with zero attached hydrogens (tertiary/aromatic N) is 1. The van der Waals surface area contributed by atoms with Crippen LogP contribution in [-0.2, 0) is 5.41 Å². The predicted molar refractivity (Wildman–Crippen MR) is 254 cm³/mol. The van der Waals surface area contributed by atoms with Crippen LogP contribution < -0.4 is 21.1 Å². The molecular formula is C57H37BN2. The first-order valence-corrected chi connectivity index (χ1v) is 21.0. The molecule has 3 aliphatic rings. The second-order valence-corrected chi connectivity index (χ2v) is 16.5. The zero-order chi connectivity index (χ0) is 39.4. The van der Waals surface area contributed by atoms with E-state index in [9.17, 15) is 0 Å². The first kappa shape index (κ1) is 33.4. The Labute approximate surface area is 350 Å². The van der Waals surface area contributed by atoms with Crippen LogP contribution in [0.2, 0.25) is 0 Å². The highest BCUT2D eigenvalue weighted by Crippen LogP contribution is 2.63. The van der Waals surface area contributed by atoms with Crippen LogP contribution >= 0.6 is 0 Å². The smallest absolute Gasteiger partial charge is 0.198 e. The predicted octanol–water partition coefficient (Wildman–Crippen LogP) is 12.9. The molecule has 0 unspecified atom stereocenters. The fourth-order valence-electron chi connectivity index (χ4n) is 10.9. The average molecular weight is 761 g/mol. The molecule has 0 saturated carbocycles. The summed E-state index contributed by atoms with van der Waals surface area (Å²) < 4.78 is 0. The first-order valence-electron chi connectivity index (χ1n) is 21.0. The normalized spacial score (nSPS) is 13.6. The Balaban J connectivity index is 1.06. The van der Waals surface area contributed by atoms with Crippen LogP contribution in [0.5, 0.6) is 0 Å². The molecule has 13 rings (SSSR count). The molecule has 0 amide bonds. The van der Waals surface area contributed by atoms with Crippen LogP contribution in [0.4, 0.5) is 28.4 Å². The Morgan fingerprint density at radius 3 is 1.75 bits per heavy atom. The fourth-order valence-corrected chi connectivity index (χ4v) is 10.9. The lowest BCUT2D eigenvalue weighted by Crippen LogP contribution is -2.47. The molecule has 1 aliphatic carbocycles. The van der Waals surface area contributed by atoms with Crippen molar-refractivity contribution in [1.82, 2.24) is 0 Å². The summed E-state index contributed by atoms with van der Waals surface area (Å²) in [6.45, 7) is 0. The van der Waals surface area contributed by atoms with E-state index in [4.69, 9.17) is 0 Å². The van der Waals surface area contributed by atoms with Crippen molar-refractivity contribution in [2.75, 3.05) is 10.2 Å². The summed E-state index contributed by atoms with van der Waals surface area (Å²) in [6.07, 6.45) is 0. The minimum absolute atomic E-state index is 0.442. The van der Waals surface area contributed by atoms with Gasteiger partial charge in [0.2, 0.25) is 0 Å². The lowest BCUT2D eigenvalue weighted by atomic mass is 9.54. The Morgan fingerprint density at radius 2 is 0.983 bits per heavy atom. The molecular weight excluding hydrogens is 723 g/mol. The van der Waals surface area contributed by atoms with Crippen molar-refractivity contribution in [2.45, 2.75) is 5.41 Å². The Bertz CT molecular complexity index is 3340. The Kier molecular flexibility index (Phi) is 7.06. The monoisotopic (exact) mass is 760 g/mol. The van der Waals surface area contributed by atoms with Crippen molar-refractivity contribution in [3.05, 3.63) is 235 Å². The SMILES string of the molecule is B1c2cccc3c2N(c2ccccc2C32c3ccccc3-c3ccccc32)c2c1c(-c1cc3ccccc3cc1Nc1ccc(-c3ccccc3)cc1)cc1ccccc21. The molecule has 278 valence electrons. The number of anilines is 5. The number of rotatable bonds is 4.